The van der Waals surface area contributed by atoms with E-state index in [0.717, 1.165) is 0 Å². The first-order valence-corrected chi connectivity index (χ1v) is 6.30. The molecule has 0 aromatic heterocycles. The van der Waals surface area contributed by atoms with E-state index < -0.39 is 35.9 Å². The molecule has 3 N–H and O–H groups in total. The Hall–Kier alpha value is -1.20. The number of carbonyl (C=O) groups excluding carboxylic acids is 1. The number of carbonyl (C=O) groups is 2. The molecular formula is C14H24O5. The van der Waals surface area contributed by atoms with Gasteiger partial charge >= 0.3 is 5.97 Å². The third-order valence-electron chi connectivity index (χ3n) is 3.67. The van der Waals surface area contributed by atoms with Gasteiger partial charge in [-0.1, -0.05) is 33.8 Å². The smallest absolute Gasteiger partial charge is 0.306 e. The topological polar surface area (TPSA) is 94.8 Å². The summed E-state index contributed by atoms with van der Waals surface area (Å²) in [5.74, 6) is -2.48. The first kappa shape index (κ1) is 17.8. The molecule has 0 aliphatic rings. The van der Waals surface area contributed by atoms with Crippen LogP contribution in [0.1, 0.15) is 34.1 Å². The second-order valence-electron chi connectivity index (χ2n) is 5.57. The van der Waals surface area contributed by atoms with Crippen LogP contribution in [0.5, 0.6) is 0 Å². The molecule has 0 saturated carbocycles. The van der Waals surface area contributed by atoms with Crippen LogP contribution in [0.25, 0.3) is 0 Å². The lowest BCUT2D eigenvalue weighted by molar-refractivity contribution is -0.147. The van der Waals surface area contributed by atoms with Gasteiger partial charge in [0.05, 0.1) is 24.0 Å². The first-order valence-electron chi connectivity index (χ1n) is 6.30. The maximum absolute atomic E-state index is 12.3. The number of aliphatic hydroxyl groups is 2. The minimum atomic E-state index is -1.29. The molecule has 0 spiro atoms. The Bertz CT molecular complexity index is 348. The van der Waals surface area contributed by atoms with Crippen molar-refractivity contribution in [1.29, 1.82) is 0 Å². The molecule has 4 atom stereocenters. The molecular weight excluding hydrogens is 248 g/mol. The number of carboxylic acids is 1. The van der Waals surface area contributed by atoms with Crippen molar-refractivity contribution in [2.45, 2.75) is 46.3 Å². The van der Waals surface area contributed by atoms with Crippen molar-refractivity contribution in [2.24, 2.45) is 17.3 Å². The molecule has 0 unspecified atom stereocenters. The van der Waals surface area contributed by atoms with Gasteiger partial charge in [-0.15, -0.1) is 6.58 Å². The average Bonchev–Trinajstić information content (AvgIpc) is 2.33. The number of rotatable bonds is 8. The lowest BCUT2D eigenvalue weighted by atomic mass is 9.73. The van der Waals surface area contributed by atoms with Crippen molar-refractivity contribution in [3.8, 4) is 0 Å². The number of aliphatic hydroxyl groups excluding tert-OH is 2. The normalized spacial score (nSPS) is 18.2. The fourth-order valence-corrected chi connectivity index (χ4v) is 1.92. The van der Waals surface area contributed by atoms with Gasteiger partial charge < -0.3 is 15.3 Å². The molecule has 0 rings (SSSR count). The zero-order valence-electron chi connectivity index (χ0n) is 12.0. The lowest BCUT2D eigenvalue weighted by Crippen LogP contribution is -2.45. The van der Waals surface area contributed by atoms with Crippen molar-refractivity contribution in [2.75, 3.05) is 0 Å². The van der Waals surface area contributed by atoms with Gasteiger partial charge in [0.2, 0.25) is 0 Å². The minimum absolute atomic E-state index is 0.258. The van der Waals surface area contributed by atoms with Crippen molar-refractivity contribution >= 4 is 11.8 Å². The van der Waals surface area contributed by atoms with E-state index in [9.17, 15) is 19.8 Å². The Morgan fingerprint density at radius 1 is 1.26 bits per heavy atom. The summed E-state index contributed by atoms with van der Waals surface area (Å²) in [6.45, 7) is 9.85. The second kappa shape index (κ2) is 6.82. The zero-order chi connectivity index (χ0) is 15.4. The van der Waals surface area contributed by atoms with E-state index >= 15 is 0 Å². The van der Waals surface area contributed by atoms with E-state index in [4.69, 9.17) is 5.11 Å². The molecule has 0 fully saturated rings. The van der Waals surface area contributed by atoms with Gasteiger partial charge in [0.15, 0.2) is 0 Å². The molecule has 5 nitrogen and oxygen atoms in total. The van der Waals surface area contributed by atoms with E-state index in [2.05, 4.69) is 6.58 Å². The highest BCUT2D eigenvalue weighted by Crippen LogP contribution is 2.30. The standard InChI is InChI=1S/C14H24O5/c1-6-8(2)12(18)9(3)13(19)14(4,5)10(15)7-11(16)17/h6,8-10,12,15,18H,1,7H2,2-5H3,(H,16,17)/t8-,9+,10-,12-/m0/s1. The van der Waals surface area contributed by atoms with Crippen LogP contribution in [0.2, 0.25) is 0 Å². The summed E-state index contributed by atoms with van der Waals surface area (Å²) in [6.07, 6.45) is -1.14. The molecule has 0 radical (unpaired) electrons. The van der Waals surface area contributed by atoms with E-state index in [1.807, 2.05) is 0 Å². The highest BCUT2D eigenvalue weighted by molar-refractivity contribution is 5.87. The number of Topliss-reactive ketones (excluding diaryl/α,β-unsaturated/α-hetero) is 1. The van der Waals surface area contributed by atoms with Gasteiger partial charge in [-0.3, -0.25) is 9.59 Å². The van der Waals surface area contributed by atoms with E-state index in [0.29, 0.717) is 0 Å². The fourth-order valence-electron chi connectivity index (χ4n) is 1.92. The lowest BCUT2D eigenvalue weighted by Gasteiger charge is -2.33. The van der Waals surface area contributed by atoms with Crippen molar-refractivity contribution in [3.05, 3.63) is 12.7 Å². The number of aliphatic carboxylic acids is 1. The zero-order valence-corrected chi connectivity index (χ0v) is 12.0. The van der Waals surface area contributed by atoms with Gasteiger partial charge in [0.25, 0.3) is 0 Å². The SMILES string of the molecule is C=C[C@H](C)[C@H](O)[C@@H](C)C(=O)C(C)(C)[C@@H](O)CC(=O)O. The summed E-state index contributed by atoms with van der Waals surface area (Å²) < 4.78 is 0. The van der Waals surface area contributed by atoms with Crippen LogP contribution >= 0.6 is 0 Å². The van der Waals surface area contributed by atoms with Gasteiger partial charge in [0, 0.05) is 11.8 Å². The predicted molar refractivity (Wildman–Crippen MR) is 71.6 cm³/mol. The first-order chi connectivity index (χ1) is 8.55. The van der Waals surface area contributed by atoms with Crippen LogP contribution in [-0.4, -0.2) is 39.3 Å². The van der Waals surface area contributed by atoms with Crippen LogP contribution in [0, 0.1) is 17.3 Å². The quantitative estimate of drug-likeness (QED) is 0.578. The van der Waals surface area contributed by atoms with Gasteiger partial charge in [-0.05, 0) is 0 Å². The largest absolute Gasteiger partial charge is 0.481 e. The Morgan fingerprint density at radius 3 is 2.11 bits per heavy atom. The minimum Gasteiger partial charge on any atom is -0.481 e. The average molecular weight is 272 g/mol. The summed E-state index contributed by atoms with van der Waals surface area (Å²) in [5, 5.41) is 28.5. The third-order valence-corrected chi connectivity index (χ3v) is 3.67. The van der Waals surface area contributed by atoms with E-state index in [1.165, 1.54) is 13.8 Å². The summed E-state index contributed by atoms with van der Waals surface area (Å²) in [6, 6.07) is 0. The summed E-state index contributed by atoms with van der Waals surface area (Å²) in [7, 11) is 0. The van der Waals surface area contributed by atoms with E-state index in [1.54, 1.807) is 19.9 Å². The van der Waals surface area contributed by atoms with Gasteiger partial charge in [-0.25, -0.2) is 0 Å². The predicted octanol–water partition coefficient (Wildman–Crippen LogP) is 1.24. The number of ketones is 1. The van der Waals surface area contributed by atoms with Crippen molar-refractivity contribution < 1.29 is 24.9 Å². The second-order valence-corrected chi connectivity index (χ2v) is 5.57. The van der Waals surface area contributed by atoms with Gasteiger partial charge in [-0.2, -0.15) is 0 Å². The van der Waals surface area contributed by atoms with Crippen LogP contribution in [0.3, 0.4) is 0 Å². The molecule has 0 amide bonds. The van der Waals surface area contributed by atoms with Crippen molar-refractivity contribution in [1.82, 2.24) is 0 Å². The number of carboxylic acid groups (broad SMARTS) is 1. The van der Waals surface area contributed by atoms with Crippen molar-refractivity contribution in [3.63, 3.8) is 0 Å². The van der Waals surface area contributed by atoms with Crippen LogP contribution in [0.4, 0.5) is 0 Å². The molecule has 0 aliphatic carbocycles. The Morgan fingerprint density at radius 2 is 1.74 bits per heavy atom. The van der Waals surface area contributed by atoms with Crippen LogP contribution in [-0.2, 0) is 9.59 Å². The maximum atomic E-state index is 12.3. The Balaban J connectivity index is 4.96. The summed E-state index contributed by atoms with van der Waals surface area (Å²) in [4.78, 5) is 22.9. The molecule has 0 bridgehead atoms. The number of hydrogen-bond acceptors (Lipinski definition) is 4. The summed E-state index contributed by atoms with van der Waals surface area (Å²) in [5.41, 5.74) is -1.22. The Labute approximate surface area is 113 Å². The van der Waals surface area contributed by atoms with Gasteiger partial charge in [0.1, 0.15) is 5.78 Å². The third kappa shape index (κ3) is 4.44. The molecule has 0 aromatic carbocycles. The molecule has 0 saturated heterocycles. The monoisotopic (exact) mass is 272 g/mol. The summed E-state index contributed by atoms with van der Waals surface area (Å²) >= 11 is 0. The van der Waals surface area contributed by atoms with Crippen LogP contribution < -0.4 is 0 Å². The molecule has 5 heteroatoms. The van der Waals surface area contributed by atoms with Crippen LogP contribution in [0.15, 0.2) is 12.7 Å². The fraction of sp³-hybridized carbons (Fsp3) is 0.714. The highest BCUT2D eigenvalue weighted by atomic mass is 16.4. The molecule has 19 heavy (non-hydrogen) atoms. The number of hydrogen-bond donors (Lipinski definition) is 3. The highest BCUT2D eigenvalue weighted by Gasteiger charge is 2.41. The molecule has 0 aromatic rings. The maximum Gasteiger partial charge on any atom is 0.306 e. The molecule has 0 heterocycles. The molecule has 110 valence electrons. The van der Waals surface area contributed by atoms with E-state index in [-0.39, 0.29) is 11.7 Å². The Kier molecular flexibility index (Phi) is 6.39. The molecule has 0 aliphatic heterocycles.